The summed E-state index contributed by atoms with van der Waals surface area (Å²) in [4.78, 5) is 25.3. The molecular formula is C21H16N4O3S. The van der Waals surface area contributed by atoms with Gasteiger partial charge in [0.2, 0.25) is 0 Å². The van der Waals surface area contributed by atoms with E-state index in [1.54, 1.807) is 25.6 Å². The van der Waals surface area contributed by atoms with Crippen molar-refractivity contribution < 1.29 is 14.3 Å². The van der Waals surface area contributed by atoms with Crippen LogP contribution in [0, 0.1) is 0 Å². The molecule has 144 valence electrons. The number of hydrogen-bond donors (Lipinski definition) is 1. The van der Waals surface area contributed by atoms with Gasteiger partial charge in [-0.3, -0.25) is 4.79 Å². The number of hydrogen-bond acceptors (Lipinski definition) is 7. The number of aliphatic imine (C=N–C) groups is 1. The van der Waals surface area contributed by atoms with E-state index in [-0.39, 0.29) is 11.2 Å². The SMILES string of the molecule is COc1ccc(N=C2NC(=O)SC2=Cc2cccc(Oc3ncccn3)c2)cc1. The van der Waals surface area contributed by atoms with Crippen molar-refractivity contribution in [3.05, 3.63) is 77.5 Å². The molecule has 0 atom stereocenters. The first-order valence-electron chi connectivity index (χ1n) is 8.68. The summed E-state index contributed by atoms with van der Waals surface area (Å²) in [5.74, 6) is 1.85. The molecule has 8 heteroatoms. The number of aromatic nitrogens is 2. The van der Waals surface area contributed by atoms with Gasteiger partial charge in [0.05, 0.1) is 17.7 Å². The van der Waals surface area contributed by atoms with Crippen molar-refractivity contribution in [3.8, 4) is 17.5 Å². The van der Waals surface area contributed by atoms with E-state index in [2.05, 4.69) is 20.3 Å². The van der Waals surface area contributed by atoms with Crippen molar-refractivity contribution in [3.63, 3.8) is 0 Å². The van der Waals surface area contributed by atoms with Crippen molar-refractivity contribution >= 4 is 34.6 Å². The first-order chi connectivity index (χ1) is 14.2. The second kappa shape index (κ2) is 8.57. The van der Waals surface area contributed by atoms with Gasteiger partial charge < -0.3 is 14.8 Å². The van der Waals surface area contributed by atoms with Gasteiger partial charge in [-0.25, -0.2) is 15.0 Å². The highest BCUT2D eigenvalue weighted by Crippen LogP contribution is 2.30. The molecule has 0 aliphatic carbocycles. The Kier molecular flexibility index (Phi) is 5.53. The number of carbonyl (C=O) groups is 1. The van der Waals surface area contributed by atoms with E-state index in [1.165, 1.54) is 0 Å². The second-order valence-electron chi connectivity index (χ2n) is 5.89. The number of amides is 1. The zero-order chi connectivity index (χ0) is 20.1. The lowest BCUT2D eigenvalue weighted by Crippen LogP contribution is -2.18. The molecule has 4 rings (SSSR count). The fourth-order valence-electron chi connectivity index (χ4n) is 2.56. The number of benzene rings is 2. The summed E-state index contributed by atoms with van der Waals surface area (Å²) in [5, 5.41) is 2.61. The molecule has 1 aliphatic rings. The molecule has 1 amide bonds. The van der Waals surface area contributed by atoms with Crippen LogP contribution >= 0.6 is 11.8 Å². The van der Waals surface area contributed by atoms with E-state index in [4.69, 9.17) is 9.47 Å². The molecule has 1 saturated heterocycles. The third-order valence-corrected chi connectivity index (χ3v) is 4.70. The smallest absolute Gasteiger partial charge is 0.321 e. The molecule has 2 heterocycles. The number of ether oxygens (including phenoxy) is 2. The number of nitrogens with one attached hydrogen (secondary N) is 1. The Labute approximate surface area is 171 Å². The molecule has 1 N–H and O–H groups in total. The number of carbonyl (C=O) groups excluding carboxylic acids is 1. The molecule has 3 aromatic rings. The maximum absolute atomic E-state index is 11.9. The summed E-state index contributed by atoms with van der Waals surface area (Å²) in [5.41, 5.74) is 1.58. The highest BCUT2D eigenvalue weighted by molar-refractivity contribution is 8.18. The van der Waals surface area contributed by atoms with Gasteiger partial charge in [-0.05, 0) is 65.9 Å². The summed E-state index contributed by atoms with van der Waals surface area (Å²) in [6.07, 6.45) is 5.11. The molecule has 29 heavy (non-hydrogen) atoms. The van der Waals surface area contributed by atoms with E-state index in [9.17, 15) is 4.79 Å². The molecule has 0 bridgehead atoms. The highest BCUT2D eigenvalue weighted by atomic mass is 32.2. The summed E-state index contributed by atoms with van der Waals surface area (Å²) < 4.78 is 10.8. The van der Waals surface area contributed by atoms with Crippen LogP contribution < -0.4 is 14.8 Å². The molecule has 0 unspecified atom stereocenters. The zero-order valence-electron chi connectivity index (χ0n) is 15.4. The molecule has 0 spiro atoms. The Morgan fingerprint density at radius 2 is 1.83 bits per heavy atom. The Bertz CT molecular complexity index is 1080. The fourth-order valence-corrected chi connectivity index (χ4v) is 3.30. The second-order valence-corrected chi connectivity index (χ2v) is 6.90. The van der Waals surface area contributed by atoms with Gasteiger partial charge in [-0.15, -0.1) is 0 Å². The third-order valence-electron chi connectivity index (χ3n) is 3.88. The predicted octanol–water partition coefficient (Wildman–Crippen LogP) is 4.81. The van der Waals surface area contributed by atoms with Crippen molar-refractivity contribution in [1.29, 1.82) is 0 Å². The largest absolute Gasteiger partial charge is 0.497 e. The van der Waals surface area contributed by atoms with Gasteiger partial charge in [-0.2, -0.15) is 0 Å². The minimum atomic E-state index is -0.173. The van der Waals surface area contributed by atoms with E-state index in [0.717, 1.165) is 28.0 Å². The topological polar surface area (TPSA) is 85.7 Å². The van der Waals surface area contributed by atoms with Gasteiger partial charge in [0, 0.05) is 12.4 Å². The van der Waals surface area contributed by atoms with Crippen LogP contribution in [-0.2, 0) is 0 Å². The minimum absolute atomic E-state index is 0.173. The molecule has 7 nitrogen and oxygen atoms in total. The molecular weight excluding hydrogens is 388 g/mol. The van der Waals surface area contributed by atoms with Crippen molar-refractivity contribution in [1.82, 2.24) is 15.3 Å². The van der Waals surface area contributed by atoms with Crippen molar-refractivity contribution in [2.24, 2.45) is 4.99 Å². The van der Waals surface area contributed by atoms with Crippen LogP contribution in [0.3, 0.4) is 0 Å². The van der Waals surface area contributed by atoms with Gasteiger partial charge >= 0.3 is 6.01 Å². The average Bonchev–Trinajstić information content (AvgIpc) is 3.08. The normalized spacial score (nSPS) is 16.1. The summed E-state index contributed by atoms with van der Waals surface area (Å²) >= 11 is 1.10. The predicted molar refractivity (Wildman–Crippen MR) is 113 cm³/mol. The van der Waals surface area contributed by atoms with E-state index < -0.39 is 0 Å². The Balaban J connectivity index is 1.59. The quantitative estimate of drug-likeness (QED) is 0.657. The number of thioether (sulfide) groups is 1. The van der Waals surface area contributed by atoms with Gasteiger partial charge in [-0.1, -0.05) is 12.1 Å². The van der Waals surface area contributed by atoms with Crippen LogP contribution in [0.1, 0.15) is 5.56 Å². The van der Waals surface area contributed by atoms with Gasteiger partial charge in [0.15, 0.2) is 0 Å². The maximum Gasteiger partial charge on any atom is 0.321 e. The molecule has 1 aromatic heterocycles. The van der Waals surface area contributed by atoms with Crippen LogP contribution in [0.4, 0.5) is 10.5 Å². The summed E-state index contributed by atoms with van der Waals surface area (Å²) in [6, 6.07) is 16.7. The lowest BCUT2D eigenvalue weighted by atomic mass is 10.2. The van der Waals surface area contributed by atoms with Gasteiger partial charge in [0.25, 0.3) is 5.24 Å². The Morgan fingerprint density at radius 1 is 1.03 bits per heavy atom. The van der Waals surface area contributed by atoms with E-state index in [1.807, 2.05) is 54.6 Å². The van der Waals surface area contributed by atoms with Crippen molar-refractivity contribution in [2.75, 3.05) is 7.11 Å². The van der Waals surface area contributed by atoms with E-state index in [0.29, 0.717) is 17.3 Å². The monoisotopic (exact) mass is 404 g/mol. The fraction of sp³-hybridized carbons (Fsp3) is 0.0476. The van der Waals surface area contributed by atoms with Crippen LogP contribution in [0.15, 0.2) is 76.9 Å². The molecule has 2 aromatic carbocycles. The van der Waals surface area contributed by atoms with Crippen LogP contribution in [-0.4, -0.2) is 28.2 Å². The molecule has 0 saturated carbocycles. The molecule has 0 radical (unpaired) electrons. The lowest BCUT2D eigenvalue weighted by Gasteiger charge is -2.05. The first-order valence-corrected chi connectivity index (χ1v) is 9.50. The standard InChI is InChI=1S/C21H16N4O3S/c1-27-16-8-6-15(7-9-16)24-19-18(29-21(26)25-19)13-14-4-2-5-17(12-14)28-20-22-10-3-11-23-20/h2-13H,1H3,(H,24,25,26). The van der Waals surface area contributed by atoms with Crippen LogP contribution in [0.2, 0.25) is 0 Å². The first kappa shape index (κ1) is 18.7. The van der Waals surface area contributed by atoms with Gasteiger partial charge in [0.1, 0.15) is 17.3 Å². The highest BCUT2D eigenvalue weighted by Gasteiger charge is 2.23. The zero-order valence-corrected chi connectivity index (χ0v) is 16.2. The number of amidine groups is 1. The number of methoxy groups -OCH3 is 1. The summed E-state index contributed by atoms with van der Waals surface area (Å²) in [7, 11) is 1.61. The Hall–Kier alpha value is -3.65. The minimum Gasteiger partial charge on any atom is -0.497 e. The van der Waals surface area contributed by atoms with Crippen molar-refractivity contribution in [2.45, 2.75) is 0 Å². The molecule has 1 fully saturated rings. The Morgan fingerprint density at radius 3 is 2.59 bits per heavy atom. The van der Waals surface area contributed by atoms with Crippen LogP contribution in [0.25, 0.3) is 6.08 Å². The average molecular weight is 404 g/mol. The number of rotatable bonds is 5. The van der Waals surface area contributed by atoms with Crippen LogP contribution in [0.5, 0.6) is 17.5 Å². The number of nitrogens with zero attached hydrogens (tertiary/aromatic N) is 3. The van der Waals surface area contributed by atoms with E-state index >= 15 is 0 Å². The summed E-state index contributed by atoms with van der Waals surface area (Å²) in [6.45, 7) is 0. The lowest BCUT2D eigenvalue weighted by molar-refractivity contribution is 0.265. The maximum atomic E-state index is 11.9. The molecule has 1 aliphatic heterocycles. The third kappa shape index (κ3) is 4.80.